The van der Waals surface area contributed by atoms with Gasteiger partial charge in [-0.05, 0) is 38.2 Å². The van der Waals surface area contributed by atoms with Crippen LogP contribution in [0.1, 0.15) is 17.0 Å². The molecule has 2 aromatic carbocycles. The zero-order chi connectivity index (χ0) is 16.5. The van der Waals surface area contributed by atoms with E-state index in [2.05, 4.69) is 50.7 Å². The molecule has 0 saturated carbocycles. The van der Waals surface area contributed by atoms with E-state index >= 15 is 0 Å². The Morgan fingerprint density at radius 2 is 1.79 bits per heavy atom. The quantitative estimate of drug-likeness (QED) is 0.875. The summed E-state index contributed by atoms with van der Waals surface area (Å²) in [4.78, 5) is 17.0. The Bertz CT molecular complexity index is 776. The number of halogens is 1. The van der Waals surface area contributed by atoms with E-state index in [0.29, 0.717) is 17.8 Å². The van der Waals surface area contributed by atoms with Gasteiger partial charge >= 0.3 is 6.09 Å². The van der Waals surface area contributed by atoms with Crippen molar-refractivity contribution in [2.24, 2.45) is 5.16 Å². The average molecular weight is 387 g/mol. The van der Waals surface area contributed by atoms with E-state index in [1.807, 2.05) is 24.3 Å². The molecule has 0 saturated heterocycles. The topological polar surface area (TPSA) is 59.9 Å². The number of oxime groups is 1. The summed E-state index contributed by atoms with van der Waals surface area (Å²) in [5.41, 5.74) is 4.80. The Morgan fingerprint density at radius 3 is 2.38 bits per heavy atom. The first kappa shape index (κ1) is 15.2. The van der Waals surface area contributed by atoms with E-state index in [4.69, 9.17) is 9.57 Å². The number of hydrogen-bond acceptors (Lipinski definition) is 4. The number of carbonyl (C=O) groups is 1. The highest BCUT2D eigenvalue weighted by Gasteiger charge is 2.30. The summed E-state index contributed by atoms with van der Waals surface area (Å²) in [6, 6.07) is 16.2. The van der Waals surface area contributed by atoms with Gasteiger partial charge in [-0.3, -0.25) is 0 Å². The van der Waals surface area contributed by atoms with Gasteiger partial charge in [0.25, 0.3) is 0 Å². The molecule has 1 aliphatic carbocycles. The van der Waals surface area contributed by atoms with Crippen molar-refractivity contribution < 1.29 is 14.4 Å². The van der Waals surface area contributed by atoms with Gasteiger partial charge in [0.2, 0.25) is 0 Å². The highest BCUT2D eigenvalue weighted by atomic mass is 79.9. The largest absolute Gasteiger partial charge is 0.449 e. The number of fused-ring (bicyclic) bond motifs is 3. The molecule has 5 nitrogen and oxygen atoms in total. The fraction of sp³-hybridized carbons (Fsp3) is 0.222. The number of carbonyl (C=O) groups excluding carboxylic acids is 1. The molecule has 4 rings (SSSR count). The van der Waals surface area contributed by atoms with E-state index in [0.717, 1.165) is 0 Å². The first-order valence-corrected chi connectivity index (χ1v) is 8.50. The maximum absolute atomic E-state index is 12.1. The molecule has 0 spiro atoms. The van der Waals surface area contributed by atoms with Crippen molar-refractivity contribution in [3.05, 3.63) is 59.7 Å². The molecule has 2 aromatic rings. The predicted molar refractivity (Wildman–Crippen MR) is 94.3 cm³/mol. The van der Waals surface area contributed by atoms with Crippen LogP contribution >= 0.6 is 15.9 Å². The normalized spacial score (nSPS) is 18.4. The van der Waals surface area contributed by atoms with Crippen LogP contribution in [0.2, 0.25) is 0 Å². The molecule has 0 fully saturated rings. The Morgan fingerprint density at radius 1 is 1.17 bits per heavy atom. The summed E-state index contributed by atoms with van der Waals surface area (Å²) >= 11 is 3.25. The molecule has 24 heavy (non-hydrogen) atoms. The smallest absolute Gasteiger partial charge is 0.407 e. The summed E-state index contributed by atoms with van der Waals surface area (Å²) < 4.78 is 6.03. The molecule has 1 atom stereocenters. The second-order valence-corrected chi connectivity index (χ2v) is 6.54. The van der Waals surface area contributed by atoms with Crippen molar-refractivity contribution in [3.8, 4) is 11.1 Å². The van der Waals surface area contributed by atoms with Crippen LogP contribution in [-0.4, -0.2) is 30.0 Å². The lowest BCUT2D eigenvalue weighted by molar-refractivity contribution is 0.130. The molecule has 1 N–H and O–H groups in total. The van der Waals surface area contributed by atoms with Crippen LogP contribution in [0.5, 0.6) is 0 Å². The third kappa shape index (κ3) is 2.67. The van der Waals surface area contributed by atoms with Crippen molar-refractivity contribution in [2.45, 2.75) is 12.0 Å². The van der Waals surface area contributed by atoms with Crippen LogP contribution in [0.3, 0.4) is 0 Å². The Labute approximate surface area is 147 Å². The lowest BCUT2D eigenvalue weighted by atomic mass is 9.98. The molecule has 0 bridgehead atoms. The fourth-order valence-electron chi connectivity index (χ4n) is 3.19. The fourth-order valence-corrected chi connectivity index (χ4v) is 3.54. The summed E-state index contributed by atoms with van der Waals surface area (Å²) in [5.74, 6) is 0.0556. The van der Waals surface area contributed by atoms with Gasteiger partial charge in [-0.15, -0.1) is 0 Å². The molecule has 0 unspecified atom stereocenters. The maximum atomic E-state index is 12.1. The van der Waals surface area contributed by atoms with Crippen LogP contribution in [0.25, 0.3) is 11.1 Å². The van der Waals surface area contributed by atoms with Gasteiger partial charge in [0, 0.05) is 5.92 Å². The predicted octanol–water partition coefficient (Wildman–Crippen LogP) is 3.63. The highest BCUT2D eigenvalue weighted by molar-refractivity contribution is 9.18. The van der Waals surface area contributed by atoms with Gasteiger partial charge in [0.1, 0.15) is 23.9 Å². The molecule has 1 heterocycles. The molecule has 6 heteroatoms. The number of nitrogens with zero attached hydrogens (tertiary/aromatic N) is 1. The molecule has 1 amide bonds. The minimum absolute atomic E-state index is 0.0556. The van der Waals surface area contributed by atoms with Gasteiger partial charge in [0.15, 0.2) is 0 Å². The van der Waals surface area contributed by atoms with E-state index < -0.39 is 6.09 Å². The van der Waals surface area contributed by atoms with Gasteiger partial charge in [-0.2, -0.15) is 0 Å². The molecule has 122 valence electrons. The summed E-state index contributed by atoms with van der Waals surface area (Å²) in [6.07, 6.45) is -0.473. The van der Waals surface area contributed by atoms with E-state index in [9.17, 15) is 4.79 Å². The Kier molecular flexibility index (Phi) is 3.98. The number of nitrogens with one attached hydrogen (secondary N) is 1. The monoisotopic (exact) mass is 386 g/mol. The lowest BCUT2D eigenvalue weighted by Crippen LogP contribution is -2.39. The summed E-state index contributed by atoms with van der Waals surface area (Å²) in [7, 11) is 0. The van der Waals surface area contributed by atoms with Crippen molar-refractivity contribution in [1.29, 1.82) is 0 Å². The molecule has 1 aliphatic heterocycles. The molecule has 0 radical (unpaired) electrons. The first-order chi connectivity index (χ1) is 11.7. The first-order valence-electron chi connectivity index (χ1n) is 7.71. The number of benzene rings is 2. The highest BCUT2D eigenvalue weighted by Crippen LogP contribution is 2.44. The molecular formula is C18H15BrN2O3. The second-order valence-electron chi connectivity index (χ2n) is 5.73. The van der Waals surface area contributed by atoms with Gasteiger partial charge in [-0.25, -0.2) is 4.79 Å². The van der Waals surface area contributed by atoms with E-state index in [1.165, 1.54) is 22.3 Å². The third-order valence-corrected chi connectivity index (χ3v) is 5.01. The SMILES string of the molecule is O=C(N[C@@H]1CON=C1Br)OCC1c2ccccc2-c2ccccc21. The molecule has 0 aromatic heterocycles. The zero-order valence-electron chi connectivity index (χ0n) is 12.7. The van der Waals surface area contributed by atoms with Crippen molar-refractivity contribution >= 4 is 26.6 Å². The van der Waals surface area contributed by atoms with Crippen LogP contribution in [0.4, 0.5) is 4.79 Å². The van der Waals surface area contributed by atoms with Crippen molar-refractivity contribution in [2.75, 3.05) is 13.2 Å². The van der Waals surface area contributed by atoms with Crippen LogP contribution in [0.15, 0.2) is 53.7 Å². The maximum Gasteiger partial charge on any atom is 0.407 e. The number of rotatable bonds is 3. The van der Waals surface area contributed by atoms with Crippen LogP contribution in [-0.2, 0) is 9.57 Å². The minimum atomic E-state index is -0.473. The average Bonchev–Trinajstić information content (AvgIpc) is 3.15. The lowest BCUT2D eigenvalue weighted by Gasteiger charge is -2.15. The van der Waals surface area contributed by atoms with E-state index in [1.54, 1.807) is 0 Å². The number of amides is 1. The number of hydrogen-bond donors (Lipinski definition) is 1. The summed E-state index contributed by atoms with van der Waals surface area (Å²) in [6.45, 7) is 0.604. The zero-order valence-corrected chi connectivity index (χ0v) is 14.3. The minimum Gasteiger partial charge on any atom is -0.449 e. The Hall–Kier alpha value is -2.34. The van der Waals surface area contributed by atoms with Crippen LogP contribution in [0, 0.1) is 0 Å². The van der Waals surface area contributed by atoms with Gasteiger partial charge in [0.05, 0.1) is 0 Å². The number of alkyl carbamates (subject to hydrolysis) is 1. The van der Waals surface area contributed by atoms with E-state index in [-0.39, 0.29) is 12.0 Å². The Balaban J connectivity index is 1.49. The third-order valence-electron chi connectivity index (χ3n) is 4.32. The van der Waals surface area contributed by atoms with Gasteiger partial charge in [-0.1, -0.05) is 53.7 Å². The van der Waals surface area contributed by atoms with Gasteiger partial charge < -0.3 is 14.9 Å². The molecule has 2 aliphatic rings. The number of ether oxygens (including phenoxy) is 1. The molecular weight excluding hydrogens is 372 g/mol. The standard InChI is InChI=1S/C18H15BrN2O3/c19-17-16(10-24-21-17)20-18(22)23-9-15-13-7-3-1-5-11(13)12-6-2-4-8-14(12)15/h1-8,15-16H,9-10H2,(H,20,22)/t16-/m1/s1. The van der Waals surface area contributed by atoms with Crippen molar-refractivity contribution in [1.82, 2.24) is 5.32 Å². The second kappa shape index (κ2) is 6.28. The summed E-state index contributed by atoms with van der Waals surface area (Å²) in [5, 5.41) is 6.47. The van der Waals surface area contributed by atoms with Crippen molar-refractivity contribution in [3.63, 3.8) is 0 Å². The van der Waals surface area contributed by atoms with Crippen LogP contribution < -0.4 is 5.32 Å².